The fourth-order valence-corrected chi connectivity index (χ4v) is 3.57. The first kappa shape index (κ1) is 10.1. The second-order valence-electron chi connectivity index (χ2n) is 5.43. The van der Waals surface area contributed by atoms with E-state index in [4.69, 9.17) is 0 Å². The highest BCUT2D eigenvalue weighted by atomic mass is 14.4. The molecule has 2 aliphatic rings. The Balaban J connectivity index is 1.78. The fraction of sp³-hybridized carbons (Fsp3) is 0.222. The van der Waals surface area contributed by atoms with Crippen molar-refractivity contribution in [3.05, 3.63) is 77.4 Å². The van der Waals surface area contributed by atoms with Crippen LogP contribution in [-0.4, -0.2) is 0 Å². The summed E-state index contributed by atoms with van der Waals surface area (Å²) in [5.41, 5.74) is 6.09. The number of allylic oxidation sites excluding steroid dienone is 2. The summed E-state index contributed by atoms with van der Waals surface area (Å²) in [6.45, 7) is 0. The van der Waals surface area contributed by atoms with Crippen molar-refractivity contribution in [2.24, 2.45) is 0 Å². The molecule has 0 spiro atoms. The molecule has 2 atom stereocenters. The highest BCUT2D eigenvalue weighted by molar-refractivity contribution is 5.70. The van der Waals surface area contributed by atoms with Gasteiger partial charge in [-0.3, -0.25) is 0 Å². The molecule has 2 aliphatic carbocycles. The standard InChI is InChI=1S/C18H16/c1-2-6-13(7-3-1)14-10-15-12-16(11-14)18-9-5-4-8-17(15)18/h1-10,15-16H,11-12H2/t15-,16-/m0/s1. The normalized spacial score (nSPS) is 24.6. The van der Waals surface area contributed by atoms with Crippen LogP contribution < -0.4 is 0 Å². The number of benzene rings is 2. The lowest BCUT2D eigenvalue weighted by Crippen LogP contribution is -2.01. The van der Waals surface area contributed by atoms with Crippen LogP contribution in [0.15, 0.2) is 60.7 Å². The summed E-state index contributed by atoms with van der Waals surface area (Å²) in [7, 11) is 0. The van der Waals surface area contributed by atoms with Crippen LogP contribution in [-0.2, 0) is 0 Å². The maximum atomic E-state index is 2.50. The van der Waals surface area contributed by atoms with Crippen LogP contribution in [0, 0.1) is 0 Å². The molecule has 0 saturated heterocycles. The third-order valence-electron chi connectivity index (χ3n) is 4.39. The van der Waals surface area contributed by atoms with Gasteiger partial charge in [0.2, 0.25) is 0 Å². The predicted octanol–water partition coefficient (Wildman–Crippen LogP) is 4.74. The van der Waals surface area contributed by atoms with Crippen LogP contribution in [0.4, 0.5) is 0 Å². The van der Waals surface area contributed by atoms with Crippen LogP contribution in [0.3, 0.4) is 0 Å². The summed E-state index contributed by atoms with van der Waals surface area (Å²) in [5.74, 6) is 1.39. The van der Waals surface area contributed by atoms with Crippen molar-refractivity contribution in [1.82, 2.24) is 0 Å². The van der Waals surface area contributed by atoms with Gasteiger partial charge >= 0.3 is 0 Å². The van der Waals surface area contributed by atoms with Gasteiger partial charge in [0.05, 0.1) is 0 Å². The molecule has 4 rings (SSSR count). The molecule has 0 saturated carbocycles. The van der Waals surface area contributed by atoms with E-state index >= 15 is 0 Å². The highest BCUT2D eigenvalue weighted by Crippen LogP contribution is 2.51. The van der Waals surface area contributed by atoms with E-state index in [-0.39, 0.29) is 0 Å². The molecule has 0 heterocycles. The largest absolute Gasteiger partial charge is 0.0731 e. The van der Waals surface area contributed by atoms with Gasteiger partial charge in [0.15, 0.2) is 0 Å². The van der Waals surface area contributed by atoms with Crippen molar-refractivity contribution in [2.75, 3.05) is 0 Å². The van der Waals surface area contributed by atoms with E-state index in [2.05, 4.69) is 60.7 Å². The molecule has 0 aromatic heterocycles. The van der Waals surface area contributed by atoms with E-state index in [0.717, 1.165) is 5.92 Å². The highest BCUT2D eigenvalue weighted by Gasteiger charge is 2.33. The Kier molecular flexibility index (Phi) is 2.16. The van der Waals surface area contributed by atoms with Gasteiger partial charge in [-0.05, 0) is 41.0 Å². The molecule has 0 amide bonds. The monoisotopic (exact) mass is 232 g/mol. The minimum atomic E-state index is 0.648. The van der Waals surface area contributed by atoms with Gasteiger partial charge in [-0.15, -0.1) is 0 Å². The topological polar surface area (TPSA) is 0 Å². The number of hydrogen-bond donors (Lipinski definition) is 0. The first-order chi connectivity index (χ1) is 8.92. The van der Waals surface area contributed by atoms with Crippen LogP contribution in [0.5, 0.6) is 0 Å². The zero-order valence-electron chi connectivity index (χ0n) is 10.3. The molecule has 2 aromatic carbocycles. The molecule has 0 nitrogen and oxygen atoms in total. The quantitative estimate of drug-likeness (QED) is 0.666. The van der Waals surface area contributed by atoms with E-state index in [9.17, 15) is 0 Å². The summed E-state index contributed by atoms with van der Waals surface area (Å²) in [6, 6.07) is 19.8. The molecule has 0 radical (unpaired) electrons. The second kappa shape index (κ2) is 3.84. The van der Waals surface area contributed by atoms with Crippen molar-refractivity contribution < 1.29 is 0 Å². The van der Waals surface area contributed by atoms with Crippen LogP contribution in [0.2, 0.25) is 0 Å². The molecular weight excluding hydrogens is 216 g/mol. The van der Waals surface area contributed by atoms with Crippen LogP contribution in [0.1, 0.15) is 41.4 Å². The molecule has 0 unspecified atom stereocenters. The second-order valence-corrected chi connectivity index (χ2v) is 5.43. The predicted molar refractivity (Wildman–Crippen MR) is 75.6 cm³/mol. The SMILES string of the molecule is C1=C(c2ccccc2)C[C@H]2C[C@H]1c1ccccc12. The van der Waals surface area contributed by atoms with Crippen LogP contribution >= 0.6 is 0 Å². The van der Waals surface area contributed by atoms with Gasteiger partial charge in [-0.1, -0.05) is 60.7 Å². The summed E-state index contributed by atoms with van der Waals surface area (Å²) in [6.07, 6.45) is 5.02. The zero-order chi connectivity index (χ0) is 11.9. The molecule has 0 aliphatic heterocycles. The summed E-state index contributed by atoms with van der Waals surface area (Å²) < 4.78 is 0. The van der Waals surface area contributed by atoms with Gasteiger partial charge in [0, 0.05) is 5.92 Å². The minimum Gasteiger partial charge on any atom is -0.0731 e. The molecular formula is C18H16. The lowest BCUT2D eigenvalue weighted by atomic mass is 9.84. The van der Waals surface area contributed by atoms with Crippen LogP contribution in [0.25, 0.3) is 5.57 Å². The van der Waals surface area contributed by atoms with Gasteiger partial charge < -0.3 is 0 Å². The van der Waals surface area contributed by atoms with E-state index in [1.54, 1.807) is 11.1 Å². The average Bonchev–Trinajstić information content (AvgIpc) is 2.72. The third-order valence-corrected chi connectivity index (χ3v) is 4.39. The van der Waals surface area contributed by atoms with Crippen molar-refractivity contribution in [1.29, 1.82) is 0 Å². The van der Waals surface area contributed by atoms with E-state index < -0.39 is 0 Å². The lowest BCUT2D eigenvalue weighted by Gasteiger charge is -2.20. The maximum Gasteiger partial charge on any atom is 0.00327 e. The molecule has 18 heavy (non-hydrogen) atoms. The van der Waals surface area contributed by atoms with Gasteiger partial charge in [0.1, 0.15) is 0 Å². The Hall–Kier alpha value is -1.82. The van der Waals surface area contributed by atoms with E-state index in [1.165, 1.54) is 24.0 Å². The number of rotatable bonds is 1. The Morgan fingerprint density at radius 3 is 2.33 bits per heavy atom. The lowest BCUT2D eigenvalue weighted by molar-refractivity contribution is 0.637. The molecule has 2 bridgehead atoms. The molecule has 0 heteroatoms. The Labute approximate surface area is 108 Å². The van der Waals surface area contributed by atoms with Gasteiger partial charge in [-0.25, -0.2) is 0 Å². The van der Waals surface area contributed by atoms with Crippen molar-refractivity contribution >= 4 is 5.57 Å². The summed E-state index contributed by atoms with van der Waals surface area (Å²) >= 11 is 0. The van der Waals surface area contributed by atoms with E-state index in [0.29, 0.717) is 5.92 Å². The molecule has 0 fully saturated rings. The first-order valence-corrected chi connectivity index (χ1v) is 6.77. The summed E-state index contributed by atoms with van der Waals surface area (Å²) in [5, 5.41) is 0. The van der Waals surface area contributed by atoms with Crippen molar-refractivity contribution in [2.45, 2.75) is 24.7 Å². The molecule has 2 aromatic rings. The van der Waals surface area contributed by atoms with Crippen molar-refractivity contribution in [3.63, 3.8) is 0 Å². The molecule has 88 valence electrons. The molecule has 0 N–H and O–H groups in total. The Bertz CT molecular complexity index is 607. The Morgan fingerprint density at radius 1 is 0.778 bits per heavy atom. The van der Waals surface area contributed by atoms with Crippen molar-refractivity contribution in [3.8, 4) is 0 Å². The first-order valence-electron chi connectivity index (χ1n) is 6.77. The maximum absolute atomic E-state index is 2.50. The third kappa shape index (κ3) is 1.45. The zero-order valence-corrected chi connectivity index (χ0v) is 10.3. The van der Waals surface area contributed by atoms with Gasteiger partial charge in [0.25, 0.3) is 0 Å². The fourth-order valence-electron chi connectivity index (χ4n) is 3.57. The summed E-state index contributed by atoms with van der Waals surface area (Å²) in [4.78, 5) is 0. The average molecular weight is 232 g/mol. The minimum absolute atomic E-state index is 0.648. The smallest absolute Gasteiger partial charge is 0.00327 e. The van der Waals surface area contributed by atoms with E-state index in [1.807, 2.05) is 0 Å². The number of fused-ring (bicyclic) bond motifs is 5. The van der Waals surface area contributed by atoms with Gasteiger partial charge in [-0.2, -0.15) is 0 Å². The number of hydrogen-bond acceptors (Lipinski definition) is 0. The Morgan fingerprint density at radius 2 is 1.50 bits per heavy atom.